The van der Waals surface area contributed by atoms with Crippen LogP contribution in [0.25, 0.3) is 0 Å². The third-order valence-electron chi connectivity index (χ3n) is 8.10. The molecule has 10 heteroatoms. The Kier molecular flexibility index (Phi) is 21.7. The van der Waals surface area contributed by atoms with Crippen molar-refractivity contribution >= 4 is 18.0 Å². The van der Waals surface area contributed by atoms with Gasteiger partial charge in [-0.25, -0.2) is 0 Å². The Morgan fingerprint density at radius 1 is 0.744 bits per heavy atom. The van der Waals surface area contributed by atoms with Crippen LogP contribution in [-0.2, 0) is 23.7 Å². The van der Waals surface area contributed by atoms with Gasteiger partial charge in [-0.2, -0.15) is 11.8 Å². The average molecular weight is 631 g/mol. The van der Waals surface area contributed by atoms with Crippen molar-refractivity contribution in [3.63, 3.8) is 0 Å². The molecule has 0 bridgehead atoms. The molecule has 5 unspecified atom stereocenters. The first-order valence-corrected chi connectivity index (χ1v) is 18.4. The number of hydrogen-bond donors (Lipinski definition) is 0. The lowest BCUT2D eigenvalue weighted by Gasteiger charge is -2.25. The Labute approximate surface area is 268 Å². The van der Waals surface area contributed by atoms with E-state index in [1.54, 1.807) is 0 Å². The molecule has 2 fully saturated rings. The van der Waals surface area contributed by atoms with E-state index in [1.807, 2.05) is 11.8 Å². The zero-order valence-electron chi connectivity index (χ0n) is 28.6. The van der Waals surface area contributed by atoms with Gasteiger partial charge in [-0.15, -0.1) is 0 Å². The van der Waals surface area contributed by atoms with Crippen molar-refractivity contribution in [1.82, 2.24) is 19.6 Å². The number of carbonyl (C=O) groups is 1. The fourth-order valence-corrected chi connectivity index (χ4v) is 6.75. The van der Waals surface area contributed by atoms with Crippen LogP contribution in [0.2, 0.25) is 0 Å². The highest BCUT2D eigenvalue weighted by molar-refractivity contribution is 7.99. The standard InChI is InChI=1S/C33H66N4O5S/c1-7-14-35(15-8-2)23-27-43-28-29(4)31-33(42-31)40-26-25-39-32-30(41-32)13-22-37(21-12-24-38)20-11-19-36(16-9-3)18-10-17-34(5)6/h24,29-33H,7-23,25-28H2,1-6H3. The summed E-state index contributed by atoms with van der Waals surface area (Å²) in [5.74, 6) is 2.79. The number of ether oxygens (including phenoxy) is 4. The first-order valence-electron chi connectivity index (χ1n) is 17.3. The number of aldehydes is 1. The molecule has 2 saturated heterocycles. The normalized spacial score (nSPS) is 22.3. The highest BCUT2D eigenvalue weighted by Crippen LogP contribution is 2.32. The topological polar surface area (TPSA) is 73.5 Å². The Morgan fingerprint density at radius 2 is 1.33 bits per heavy atom. The molecule has 2 heterocycles. The number of hydrogen-bond acceptors (Lipinski definition) is 10. The zero-order valence-corrected chi connectivity index (χ0v) is 29.4. The maximum Gasteiger partial charge on any atom is 0.184 e. The molecule has 0 N–H and O–H groups in total. The molecule has 0 amide bonds. The van der Waals surface area contributed by atoms with Crippen molar-refractivity contribution in [1.29, 1.82) is 0 Å². The molecule has 2 aliphatic heterocycles. The van der Waals surface area contributed by atoms with Crippen LogP contribution in [0.4, 0.5) is 0 Å². The summed E-state index contributed by atoms with van der Waals surface area (Å²) in [5, 5.41) is 0. The fourth-order valence-electron chi connectivity index (χ4n) is 5.64. The second kappa shape index (κ2) is 24.0. The molecule has 5 atom stereocenters. The molecule has 0 radical (unpaired) electrons. The molecule has 0 saturated carbocycles. The Bertz CT molecular complexity index is 688. The van der Waals surface area contributed by atoms with Gasteiger partial charge in [0.05, 0.1) is 13.2 Å². The first kappa shape index (κ1) is 38.9. The number of carbonyl (C=O) groups excluding carboxylic acids is 1. The minimum Gasteiger partial charge on any atom is -0.348 e. The lowest BCUT2D eigenvalue weighted by Crippen LogP contribution is -2.33. The predicted octanol–water partition coefficient (Wildman–Crippen LogP) is 4.30. The highest BCUT2D eigenvalue weighted by atomic mass is 32.2. The summed E-state index contributed by atoms with van der Waals surface area (Å²) in [7, 11) is 4.28. The van der Waals surface area contributed by atoms with Crippen LogP contribution in [0.3, 0.4) is 0 Å². The van der Waals surface area contributed by atoms with Gasteiger partial charge in [0.25, 0.3) is 0 Å². The maximum atomic E-state index is 11.0. The van der Waals surface area contributed by atoms with E-state index in [9.17, 15) is 4.79 Å². The summed E-state index contributed by atoms with van der Waals surface area (Å²) in [6, 6.07) is 0. The van der Waals surface area contributed by atoms with E-state index < -0.39 is 0 Å². The van der Waals surface area contributed by atoms with Crippen molar-refractivity contribution in [2.24, 2.45) is 5.92 Å². The number of nitrogens with zero attached hydrogens (tertiary/aromatic N) is 4. The minimum atomic E-state index is -0.125. The van der Waals surface area contributed by atoms with E-state index in [0.717, 1.165) is 70.7 Å². The molecule has 254 valence electrons. The molecule has 2 aliphatic rings. The Hall–Kier alpha value is -0.300. The van der Waals surface area contributed by atoms with Crippen molar-refractivity contribution < 1.29 is 23.7 Å². The van der Waals surface area contributed by atoms with Crippen LogP contribution >= 0.6 is 11.8 Å². The van der Waals surface area contributed by atoms with Gasteiger partial charge >= 0.3 is 0 Å². The molecule has 0 spiro atoms. The fraction of sp³-hybridized carbons (Fsp3) is 0.970. The maximum absolute atomic E-state index is 11.0. The van der Waals surface area contributed by atoms with Gasteiger partial charge in [-0.05, 0) is 110 Å². The molecule has 0 aromatic heterocycles. The summed E-state index contributed by atoms with van der Waals surface area (Å²) in [4.78, 5) is 20.9. The van der Waals surface area contributed by atoms with Crippen LogP contribution in [0, 0.1) is 5.92 Å². The highest BCUT2D eigenvalue weighted by Gasteiger charge is 2.44. The molecule has 9 nitrogen and oxygen atoms in total. The van der Waals surface area contributed by atoms with Crippen molar-refractivity contribution in [2.45, 2.75) is 97.4 Å². The molecule has 2 rings (SSSR count). The van der Waals surface area contributed by atoms with Gasteiger partial charge in [0.2, 0.25) is 0 Å². The third-order valence-corrected chi connectivity index (χ3v) is 9.33. The molecular weight excluding hydrogens is 564 g/mol. The summed E-state index contributed by atoms with van der Waals surface area (Å²) < 4.78 is 23.4. The van der Waals surface area contributed by atoms with E-state index in [2.05, 4.69) is 61.4 Å². The number of epoxide rings is 2. The summed E-state index contributed by atoms with van der Waals surface area (Å²) >= 11 is 2.03. The zero-order chi connectivity index (χ0) is 31.3. The quantitative estimate of drug-likeness (QED) is 0.0629. The molecular formula is C33H66N4O5S. The van der Waals surface area contributed by atoms with Gasteiger partial charge in [0, 0.05) is 31.8 Å². The monoisotopic (exact) mass is 630 g/mol. The van der Waals surface area contributed by atoms with Crippen LogP contribution in [0.5, 0.6) is 0 Å². The largest absolute Gasteiger partial charge is 0.348 e. The molecule has 0 aliphatic carbocycles. The first-order chi connectivity index (χ1) is 20.9. The average Bonchev–Trinajstić information content (AvgIpc) is 3.91. The van der Waals surface area contributed by atoms with E-state index in [-0.39, 0.29) is 24.8 Å². The smallest absolute Gasteiger partial charge is 0.184 e. The number of thioether (sulfide) groups is 1. The van der Waals surface area contributed by atoms with Crippen molar-refractivity contribution in [3.05, 3.63) is 0 Å². The van der Waals surface area contributed by atoms with Gasteiger partial charge in [0.15, 0.2) is 12.6 Å². The lowest BCUT2D eigenvalue weighted by molar-refractivity contribution is -0.108. The summed E-state index contributed by atoms with van der Waals surface area (Å²) in [5.41, 5.74) is 0. The molecule has 0 aromatic rings. The predicted molar refractivity (Wildman–Crippen MR) is 179 cm³/mol. The van der Waals surface area contributed by atoms with E-state index >= 15 is 0 Å². The summed E-state index contributed by atoms with van der Waals surface area (Å²) in [6.45, 7) is 21.0. The van der Waals surface area contributed by atoms with Crippen LogP contribution < -0.4 is 0 Å². The van der Waals surface area contributed by atoms with Crippen LogP contribution in [-0.4, -0.2) is 155 Å². The van der Waals surface area contributed by atoms with Gasteiger partial charge in [0.1, 0.15) is 18.5 Å². The Balaban J connectivity index is 1.51. The van der Waals surface area contributed by atoms with Crippen LogP contribution in [0.1, 0.15) is 72.6 Å². The summed E-state index contributed by atoms with van der Waals surface area (Å²) in [6.07, 6.45) is 8.67. The van der Waals surface area contributed by atoms with Crippen molar-refractivity contribution in [2.75, 3.05) is 104 Å². The lowest BCUT2D eigenvalue weighted by atomic mass is 10.1. The van der Waals surface area contributed by atoms with E-state index in [4.69, 9.17) is 18.9 Å². The van der Waals surface area contributed by atoms with Crippen molar-refractivity contribution in [3.8, 4) is 0 Å². The van der Waals surface area contributed by atoms with Gasteiger partial charge in [-0.1, -0.05) is 27.7 Å². The minimum absolute atomic E-state index is 0.0839. The molecule has 43 heavy (non-hydrogen) atoms. The van der Waals surface area contributed by atoms with Crippen LogP contribution in [0.15, 0.2) is 0 Å². The second-order valence-corrected chi connectivity index (χ2v) is 13.7. The molecule has 0 aromatic carbocycles. The van der Waals surface area contributed by atoms with E-state index in [1.165, 1.54) is 51.1 Å². The SMILES string of the molecule is CCCN(CCCN(C)C)CCCN(CCC=O)CCC1OC1OCCOC1OC1C(C)CSCCN(CCC)CCC. The third kappa shape index (κ3) is 18.4. The number of rotatable bonds is 31. The second-order valence-electron chi connectivity index (χ2n) is 12.6. The van der Waals surface area contributed by atoms with E-state index in [0.29, 0.717) is 25.6 Å². The van der Waals surface area contributed by atoms with Gasteiger partial charge in [-0.3, -0.25) is 0 Å². The Morgan fingerprint density at radius 3 is 1.93 bits per heavy atom. The van der Waals surface area contributed by atoms with Gasteiger partial charge < -0.3 is 43.3 Å².